The molecule has 1 aliphatic heterocycles. The van der Waals surface area contributed by atoms with Gasteiger partial charge in [0.25, 0.3) is 0 Å². The minimum atomic E-state index is -1.82. The van der Waals surface area contributed by atoms with Crippen LogP contribution < -0.4 is 0 Å². The molecule has 47 heavy (non-hydrogen) atoms. The first-order valence-corrected chi connectivity index (χ1v) is 18.2. The number of aliphatic hydroxyl groups is 1. The number of aliphatic carboxylic acids is 1. The average Bonchev–Trinajstić information content (AvgIpc) is 3.01. The van der Waals surface area contributed by atoms with Crippen molar-refractivity contribution in [2.75, 3.05) is 0 Å². The number of cyclic esters (lactones) is 2. The van der Waals surface area contributed by atoms with Crippen LogP contribution in [0, 0.1) is 11.8 Å². The molecule has 0 aromatic heterocycles. The predicted molar refractivity (Wildman–Crippen MR) is 166 cm³/mol. The van der Waals surface area contributed by atoms with E-state index in [4.69, 9.17) is 16.4 Å². The van der Waals surface area contributed by atoms with Crippen LogP contribution in [0.1, 0.15) is 114 Å². The normalized spacial score (nSPS) is 18.4. The van der Waals surface area contributed by atoms with Crippen molar-refractivity contribution in [1.29, 1.82) is 0 Å². The van der Waals surface area contributed by atoms with Crippen LogP contribution in [0.3, 0.4) is 0 Å². The van der Waals surface area contributed by atoms with Crippen LogP contribution in [0.4, 0.5) is 0 Å². The Balaban J connectivity index is 0. The van der Waals surface area contributed by atoms with E-state index in [1.165, 1.54) is 34.6 Å². The summed E-state index contributed by atoms with van der Waals surface area (Å²) in [4.78, 5) is 77.5. The molecule has 0 saturated carbocycles. The van der Waals surface area contributed by atoms with Crippen molar-refractivity contribution in [1.82, 2.24) is 0 Å². The molecule has 7 atom stereocenters. The van der Waals surface area contributed by atoms with Gasteiger partial charge in [-0.1, -0.05) is 0 Å². The van der Waals surface area contributed by atoms with Gasteiger partial charge in [-0.3, -0.25) is 0 Å². The Bertz CT molecular complexity index is 951. The fourth-order valence-corrected chi connectivity index (χ4v) is 4.96. The number of ether oxygens (including phenoxy) is 4. The molecule has 270 valence electrons. The van der Waals surface area contributed by atoms with Crippen LogP contribution in [0.15, 0.2) is 0 Å². The number of hydrogen-bond acceptors (Lipinski definition) is 14. The van der Waals surface area contributed by atoms with Crippen LogP contribution in [0.2, 0.25) is 0 Å². The summed E-state index contributed by atoms with van der Waals surface area (Å²) in [6.45, 7) is 14.7. The van der Waals surface area contributed by atoms with Crippen molar-refractivity contribution in [3.8, 4) is 0 Å². The molecule has 1 fully saturated rings. The van der Waals surface area contributed by atoms with Gasteiger partial charge < -0.3 is 29.2 Å². The number of carbonyl (C=O) groups excluding carboxylic acids is 6. The second kappa shape index (κ2) is 26.1. The monoisotopic (exact) mass is 784 g/mol. The first-order chi connectivity index (χ1) is 22.0. The summed E-state index contributed by atoms with van der Waals surface area (Å²) in [5.41, 5.74) is 0. The van der Waals surface area contributed by atoms with E-state index in [1.807, 2.05) is 13.8 Å². The van der Waals surface area contributed by atoms with Gasteiger partial charge in [-0.2, -0.15) is 0 Å². The number of esters is 4. The molecule has 7 unspecified atom stereocenters. The molecule has 15 nitrogen and oxygen atoms in total. The predicted octanol–water partition coefficient (Wildman–Crippen LogP) is 3.22. The van der Waals surface area contributed by atoms with Crippen molar-refractivity contribution < 1.29 is 68.9 Å². The molecule has 2 radical (unpaired) electrons. The second-order valence-electron chi connectivity index (χ2n) is 10.8. The van der Waals surface area contributed by atoms with Crippen molar-refractivity contribution in [3.05, 3.63) is 0 Å². The van der Waals surface area contributed by atoms with E-state index < -0.39 is 82.3 Å². The van der Waals surface area contributed by atoms with Gasteiger partial charge in [0.15, 0.2) is 24.4 Å². The van der Waals surface area contributed by atoms with Gasteiger partial charge in [0.05, 0.1) is 0 Å². The maximum atomic E-state index is 11.9. The summed E-state index contributed by atoms with van der Waals surface area (Å²) in [7, 11) is 0. The van der Waals surface area contributed by atoms with Crippen molar-refractivity contribution in [3.63, 3.8) is 0 Å². The standard InChI is InChI=1S/C9H14O7.2C8H16O2.C6H8O4.Sn/c1-4(10)8(13)16-6(3)9(14)15-5(2)7(11)12;2*1-3-5-6-7(4-2)8(9)10;1-3-5(7)10-4(2)6(8)9-3;/h4-6,10H,1-3H3,(H,11,12);2*7H,3-6H2,1-2H3,(H,9,10);3-4H,1-2H3;/q;;;;+2/p-2. The minimum absolute atomic E-state index is 0.0355. The van der Waals surface area contributed by atoms with Gasteiger partial charge in [-0.05, 0) is 34.6 Å². The molecule has 0 amide bonds. The average molecular weight is 783 g/mol. The van der Waals surface area contributed by atoms with E-state index in [2.05, 4.69) is 32.8 Å². The van der Waals surface area contributed by atoms with Gasteiger partial charge in [-0.15, -0.1) is 0 Å². The van der Waals surface area contributed by atoms with Gasteiger partial charge in [0.1, 0.15) is 6.10 Å². The fraction of sp³-hybridized carbons (Fsp3) is 0.774. The Morgan fingerprint density at radius 3 is 1.40 bits per heavy atom. The number of aliphatic hydroxyl groups excluding tert-OH is 1. The van der Waals surface area contributed by atoms with Gasteiger partial charge in [0.2, 0.25) is 0 Å². The first-order valence-electron chi connectivity index (χ1n) is 15.9. The van der Waals surface area contributed by atoms with Crippen LogP contribution in [0.5, 0.6) is 0 Å². The van der Waals surface area contributed by atoms with Gasteiger partial charge >= 0.3 is 170 Å². The number of carboxylic acids is 1. The van der Waals surface area contributed by atoms with E-state index in [0.717, 1.165) is 51.4 Å². The molecule has 0 aromatic carbocycles. The number of carbonyl (C=O) groups is 7. The van der Waals surface area contributed by atoms with Crippen molar-refractivity contribution >= 4 is 63.8 Å². The molecular formula is C31H52O15Sn. The third kappa shape index (κ3) is 20.8. The van der Waals surface area contributed by atoms with Crippen molar-refractivity contribution in [2.45, 2.75) is 144 Å². The number of carboxylic acid groups (broad SMARTS) is 1. The van der Waals surface area contributed by atoms with Crippen LogP contribution >= 0.6 is 0 Å². The summed E-state index contributed by atoms with van der Waals surface area (Å²) in [5.74, 6) is -4.64. The van der Waals surface area contributed by atoms with E-state index in [-0.39, 0.29) is 23.8 Å². The molecule has 1 saturated heterocycles. The summed E-state index contributed by atoms with van der Waals surface area (Å²) in [5, 5.41) is 17.3. The first kappa shape index (κ1) is 46.2. The zero-order valence-electron chi connectivity index (χ0n) is 28.9. The Kier molecular flexibility index (Phi) is 25.6. The molecule has 0 aliphatic carbocycles. The number of hydrogen-bond donors (Lipinski definition) is 2. The summed E-state index contributed by atoms with van der Waals surface area (Å²) >= 11 is -1.82. The quantitative estimate of drug-likeness (QED) is 0.123. The molecule has 1 rings (SSSR count). The number of unbranched alkanes of at least 4 members (excludes halogenated alkanes) is 2. The summed E-state index contributed by atoms with van der Waals surface area (Å²) in [6.07, 6.45) is 2.12. The van der Waals surface area contributed by atoms with Gasteiger partial charge in [-0.25, -0.2) is 24.0 Å². The molecule has 0 spiro atoms. The topological polar surface area (TPSA) is 215 Å². The van der Waals surface area contributed by atoms with E-state index >= 15 is 0 Å². The molecule has 1 aliphatic rings. The van der Waals surface area contributed by atoms with E-state index in [1.54, 1.807) is 0 Å². The Hall–Kier alpha value is -2.95. The van der Waals surface area contributed by atoms with Gasteiger partial charge in [0, 0.05) is 0 Å². The maximum absolute atomic E-state index is 11.9. The molecule has 0 aromatic rings. The summed E-state index contributed by atoms with van der Waals surface area (Å²) < 4.78 is 28.6. The van der Waals surface area contributed by atoms with Crippen LogP contribution in [-0.4, -0.2) is 104 Å². The third-order valence-corrected chi connectivity index (χ3v) is 8.23. The zero-order chi connectivity index (χ0) is 36.7. The van der Waals surface area contributed by atoms with Crippen molar-refractivity contribution in [2.24, 2.45) is 11.8 Å². The SMILES string of the molecule is CC(O)C(=O)OC(C)C(=O)OC(C)C(=O)O.CC1OC(=O)C(C)OC1=O.CCCCC(CC)C(=O)[O][Sn][O]C(=O)C(CC)CCCC. The van der Waals surface area contributed by atoms with Crippen LogP contribution in [0.25, 0.3) is 0 Å². The summed E-state index contributed by atoms with van der Waals surface area (Å²) in [6, 6.07) is 0. The van der Waals surface area contributed by atoms with E-state index in [9.17, 15) is 33.6 Å². The Morgan fingerprint density at radius 1 is 0.702 bits per heavy atom. The Morgan fingerprint density at radius 2 is 1.09 bits per heavy atom. The molecule has 16 heteroatoms. The molecule has 1 heterocycles. The fourth-order valence-electron chi connectivity index (χ4n) is 3.43. The zero-order valence-corrected chi connectivity index (χ0v) is 31.8. The molecular weight excluding hydrogens is 731 g/mol. The van der Waals surface area contributed by atoms with E-state index in [0.29, 0.717) is 0 Å². The third-order valence-electron chi connectivity index (χ3n) is 6.61. The second-order valence-corrected chi connectivity index (χ2v) is 12.4. The number of rotatable bonds is 17. The molecule has 2 N–H and O–H groups in total. The Labute approximate surface area is 288 Å². The van der Waals surface area contributed by atoms with Crippen LogP contribution in [-0.2, 0) is 58.7 Å². The molecule has 0 bridgehead atoms.